The van der Waals surface area contributed by atoms with Crippen molar-refractivity contribution in [2.75, 3.05) is 38.2 Å². The maximum Gasteiger partial charge on any atom is 0.338 e. The summed E-state index contributed by atoms with van der Waals surface area (Å²) >= 11 is 5.90. The third-order valence-corrected chi connectivity index (χ3v) is 6.71. The Bertz CT molecular complexity index is 1100. The first-order chi connectivity index (χ1) is 14.7. The zero-order chi connectivity index (χ0) is 22.6. The van der Waals surface area contributed by atoms with E-state index >= 15 is 0 Å². The number of aryl methyl sites for hydroxylation is 1. The fourth-order valence-electron chi connectivity index (χ4n) is 2.88. The average molecular weight is 471 g/mol. The van der Waals surface area contributed by atoms with E-state index in [-0.39, 0.29) is 31.9 Å². The first-order valence-electron chi connectivity index (χ1n) is 9.29. The summed E-state index contributed by atoms with van der Waals surface area (Å²) in [6.07, 6.45) is 0. The quantitative estimate of drug-likeness (QED) is 0.651. The second kappa shape index (κ2) is 9.73. The van der Waals surface area contributed by atoms with E-state index in [9.17, 15) is 22.4 Å². The molecule has 0 bridgehead atoms. The highest BCUT2D eigenvalue weighted by atomic mass is 35.5. The Kier molecular flexibility index (Phi) is 7.26. The van der Waals surface area contributed by atoms with Gasteiger partial charge in [0.2, 0.25) is 10.0 Å². The topological polar surface area (TPSA) is 102 Å². The van der Waals surface area contributed by atoms with Gasteiger partial charge in [0.15, 0.2) is 6.61 Å². The van der Waals surface area contributed by atoms with Crippen LogP contribution in [-0.2, 0) is 24.3 Å². The van der Waals surface area contributed by atoms with E-state index in [1.165, 1.54) is 0 Å². The van der Waals surface area contributed by atoms with Gasteiger partial charge in [0.1, 0.15) is 10.7 Å². The first-order valence-corrected chi connectivity index (χ1v) is 11.1. The molecule has 0 radical (unpaired) electrons. The van der Waals surface area contributed by atoms with Crippen LogP contribution in [0.5, 0.6) is 0 Å². The number of carbonyl (C=O) groups is 2. The summed E-state index contributed by atoms with van der Waals surface area (Å²) in [5, 5.41) is 3.00. The number of rotatable bonds is 6. The molecule has 1 saturated heterocycles. The van der Waals surface area contributed by atoms with Crippen molar-refractivity contribution in [1.82, 2.24) is 4.31 Å². The number of esters is 1. The Morgan fingerprint density at radius 3 is 2.61 bits per heavy atom. The number of hydrogen-bond acceptors (Lipinski definition) is 6. The lowest BCUT2D eigenvalue weighted by molar-refractivity contribution is -0.119. The molecular weight excluding hydrogens is 451 g/mol. The van der Waals surface area contributed by atoms with Crippen LogP contribution in [0.1, 0.15) is 15.9 Å². The number of benzene rings is 2. The average Bonchev–Trinajstić information content (AvgIpc) is 2.75. The van der Waals surface area contributed by atoms with E-state index in [0.717, 1.165) is 28.1 Å². The van der Waals surface area contributed by atoms with Crippen molar-refractivity contribution < 1.29 is 31.9 Å². The number of anilines is 1. The fourth-order valence-corrected chi connectivity index (χ4v) is 4.55. The van der Waals surface area contributed by atoms with Crippen LogP contribution < -0.4 is 5.32 Å². The van der Waals surface area contributed by atoms with Gasteiger partial charge in [-0.15, -0.1) is 0 Å². The smallest absolute Gasteiger partial charge is 0.338 e. The standard InChI is InChI=1S/C20H20ClFN2O6S/c1-13-2-4-15(21)11-17(13)23-19(25)12-30-20(26)14-3-5-16(22)18(10-14)31(27,28)24-6-8-29-9-7-24/h2-5,10-11H,6-9,12H2,1H3,(H,23,25). The minimum Gasteiger partial charge on any atom is -0.452 e. The van der Waals surface area contributed by atoms with Gasteiger partial charge in [0, 0.05) is 23.8 Å². The Morgan fingerprint density at radius 1 is 1.19 bits per heavy atom. The maximum absolute atomic E-state index is 14.2. The van der Waals surface area contributed by atoms with Gasteiger partial charge in [-0.3, -0.25) is 4.79 Å². The third-order valence-electron chi connectivity index (χ3n) is 4.56. The van der Waals surface area contributed by atoms with Crippen LogP contribution in [0.2, 0.25) is 5.02 Å². The van der Waals surface area contributed by atoms with Crippen LogP contribution in [0.3, 0.4) is 0 Å². The summed E-state index contributed by atoms with van der Waals surface area (Å²) in [5.41, 5.74) is 1.04. The number of amides is 1. The predicted octanol–water partition coefficient (Wildman–Crippen LogP) is 2.60. The zero-order valence-electron chi connectivity index (χ0n) is 16.6. The van der Waals surface area contributed by atoms with Crippen LogP contribution >= 0.6 is 11.6 Å². The Morgan fingerprint density at radius 2 is 1.90 bits per heavy atom. The molecule has 3 rings (SSSR count). The molecule has 0 aliphatic carbocycles. The summed E-state index contributed by atoms with van der Waals surface area (Å²) in [6, 6.07) is 7.82. The molecule has 31 heavy (non-hydrogen) atoms. The molecule has 0 unspecified atom stereocenters. The number of sulfonamides is 1. The van der Waals surface area contributed by atoms with E-state index in [1.807, 2.05) is 0 Å². The van der Waals surface area contributed by atoms with E-state index in [1.54, 1.807) is 25.1 Å². The number of halogens is 2. The Hall–Kier alpha value is -2.53. The molecule has 11 heteroatoms. The van der Waals surface area contributed by atoms with Gasteiger partial charge < -0.3 is 14.8 Å². The van der Waals surface area contributed by atoms with Crippen LogP contribution in [0, 0.1) is 12.7 Å². The first kappa shape index (κ1) is 23.1. The van der Waals surface area contributed by atoms with Crippen LogP contribution in [0.4, 0.5) is 10.1 Å². The molecule has 1 aliphatic heterocycles. The monoisotopic (exact) mass is 470 g/mol. The summed E-state index contributed by atoms with van der Waals surface area (Å²) in [7, 11) is -4.15. The number of nitrogens with zero attached hydrogens (tertiary/aromatic N) is 1. The van der Waals surface area contributed by atoms with E-state index in [4.69, 9.17) is 21.1 Å². The van der Waals surface area contributed by atoms with Gasteiger partial charge in [-0.05, 0) is 42.8 Å². The molecule has 0 aromatic heterocycles. The van der Waals surface area contributed by atoms with Crippen molar-refractivity contribution in [3.63, 3.8) is 0 Å². The number of hydrogen-bond donors (Lipinski definition) is 1. The van der Waals surface area contributed by atoms with Crippen LogP contribution in [0.15, 0.2) is 41.3 Å². The molecule has 2 aromatic rings. The molecule has 2 aromatic carbocycles. The van der Waals surface area contributed by atoms with Crippen molar-refractivity contribution in [2.45, 2.75) is 11.8 Å². The second-order valence-corrected chi connectivity index (χ2v) is 9.09. The molecule has 166 valence electrons. The van der Waals surface area contributed by atoms with E-state index in [0.29, 0.717) is 10.7 Å². The predicted molar refractivity (Wildman–Crippen MR) is 111 cm³/mol. The van der Waals surface area contributed by atoms with Gasteiger partial charge in [0.05, 0.1) is 18.8 Å². The van der Waals surface area contributed by atoms with Crippen molar-refractivity contribution in [1.29, 1.82) is 0 Å². The fraction of sp³-hybridized carbons (Fsp3) is 0.300. The van der Waals surface area contributed by atoms with Crippen molar-refractivity contribution >= 4 is 39.2 Å². The third kappa shape index (κ3) is 5.59. The maximum atomic E-state index is 14.2. The summed E-state index contributed by atoms with van der Waals surface area (Å²) in [5.74, 6) is -2.56. The lowest BCUT2D eigenvalue weighted by atomic mass is 10.2. The van der Waals surface area contributed by atoms with Crippen LogP contribution in [0.25, 0.3) is 0 Å². The SMILES string of the molecule is Cc1ccc(Cl)cc1NC(=O)COC(=O)c1ccc(F)c(S(=O)(=O)N2CCOCC2)c1. The number of nitrogens with one attached hydrogen (secondary N) is 1. The molecule has 1 aliphatic rings. The normalized spacial score (nSPS) is 14.8. The zero-order valence-corrected chi connectivity index (χ0v) is 18.1. The van der Waals surface area contributed by atoms with Gasteiger partial charge >= 0.3 is 5.97 Å². The minimum absolute atomic E-state index is 0.0829. The molecule has 1 N–H and O–H groups in total. The highest BCUT2D eigenvalue weighted by molar-refractivity contribution is 7.89. The van der Waals surface area contributed by atoms with E-state index < -0.39 is 39.2 Å². The van der Waals surface area contributed by atoms with Crippen molar-refractivity contribution in [3.8, 4) is 0 Å². The summed E-state index contributed by atoms with van der Waals surface area (Å²) < 4.78 is 50.8. The van der Waals surface area contributed by atoms with Gasteiger partial charge in [-0.25, -0.2) is 17.6 Å². The van der Waals surface area contributed by atoms with Crippen LogP contribution in [-0.4, -0.2) is 57.5 Å². The van der Waals surface area contributed by atoms with Gasteiger partial charge in [0.25, 0.3) is 5.91 Å². The lowest BCUT2D eigenvalue weighted by Crippen LogP contribution is -2.41. The molecule has 0 spiro atoms. The summed E-state index contributed by atoms with van der Waals surface area (Å²) in [4.78, 5) is 23.8. The number of ether oxygens (including phenoxy) is 2. The largest absolute Gasteiger partial charge is 0.452 e. The highest BCUT2D eigenvalue weighted by Gasteiger charge is 2.30. The molecule has 1 amide bonds. The second-order valence-electron chi connectivity index (χ2n) is 6.75. The number of morpholine rings is 1. The Labute approximate surface area is 183 Å². The molecule has 8 nitrogen and oxygen atoms in total. The van der Waals surface area contributed by atoms with E-state index in [2.05, 4.69) is 5.32 Å². The minimum atomic E-state index is -4.15. The van der Waals surface area contributed by atoms with Gasteiger partial charge in [-0.1, -0.05) is 17.7 Å². The van der Waals surface area contributed by atoms with Crippen molar-refractivity contribution in [3.05, 3.63) is 58.4 Å². The molecule has 0 atom stereocenters. The highest BCUT2D eigenvalue weighted by Crippen LogP contribution is 2.23. The lowest BCUT2D eigenvalue weighted by Gasteiger charge is -2.26. The molecule has 0 saturated carbocycles. The molecule has 1 fully saturated rings. The molecular formula is C20H20ClFN2O6S. The Balaban J connectivity index is 1.68. The summed E-state index contributed by atoms with van der Waals surface area (Å²) in [6.45, 7) is 1.72. The van der Waals surface area contributed by atoms with Gasteiger partial charge in [-0.2, -0.15) is 4.31 Å². The van der Waals surface area contributed by atoms with Crippen molar-refractivity contribution in [2.24, 2.45) is 0 Å². The number of carbonyl (C=O) groups excluding carboxylic acids is 2. The molecule has 1 heterocycles.